The Morgan fingerprint density at radius 1 is 1.50 bits per heavy atom. The van der Waals surface area contributed by atoms with Gasteiger partial charge in [0.15, 0.2) is 0 Å². The first-order valence-corrected chi connectivity index (χ1v) is 7.38. The van der Waals surface area contributed by atoms with Crippen molar-refractivity contribution < 1.29 is 4.79 Å². The highest BCUT2D eigenvalue weighted by Crippen LogP contribution is 2.11. The third kappa shape index (κ3) is 4.72. The normalized spacial score (nSPS) is 20.3. The molecule has 1 amide bonds. The van der Waals surface area contributed by atoms with E-state index in [0.29, 0.717) is 0 Å². The standard InChI is InChI=1S/C11H23N3OS/c1-16-9-2-4-10(11(12)15)14-7-3-5-13-6-8-14/h10,13H,2-9H2,1H3,(H2,12,15). The minimum atomic E-state index is -0.164. The van der Waals surface area contributed by atoms with E-state index < -0.39 is 0 Å². The largest absolute Gasteiger partial charge is 0.368 e. The highest BCUT2D eigenvalue weighted by atomic mass is 32.2. The molecular weight excluding hydrogens is 222 g/mol. The lowest BCUT2D eigenvalue weighted by Crippen LogP contribution is -2.46. The van der Waals surface area contributed by atoms with E-state index in [2.05, 4.69) is 16.5 Å². The van der Waals surface area contributed by atoms with Gasteiger partial charge >= 0.3 is 0 Å². The zero-order valence-corrected chi connectivity index (χ0v) is 10.9. The van der Waals surface area contributed by atoms with Crippen LogP contribution in [0.2, 0.25) is 0 Å². The van der Waals surface area contributed by atoms with Crippen molar-refractivity contribution in [2.75, 3.05) is 38.2 Å². The molecule has 16 heavy (non-hydrogen) atoms. The average Bonchev–Trinajstić information content (AvgIpc) is 2.52. The quantitative estimate of drug-likeness (QED) is 0.660. The van der Waals surface area contributed by atoms with E-state index in [4.69, 9.17) is 5.73 Å². The van der Waals surface area contributed by atoms with Gasteiger partial charge in [-0.2, -0.15) is 11.8 Å². The summed E-state index contributed by atoms with van der Waals surface area (Å²) in [5.41, 5.74) is 5.49. The summed E-state index contributed by atoms with van der Waals surface area (Å²) >= 11 is 1.82. The van der Waals surface area contributed by atoms with Crippen molar-refractivity contribution in [2.24, 2.45) is 5.73 Å². The molecule has 0 aromatic heterocycles. The van der Waals surface area contributed by atoms with Crippen LogP contribution in [0.15, 0.2) is 0 Å². The lowest BCUT2D eigenvalue weighted by molar-refractivity contribution is -0.123. The van der Waals surface area contributed by atoms with Crippen LogP contribution in [-0.2, 0) is 4.79 Å². The Morgan fingerprint density at radius 3 is 3.00 bits per heavy atom. The Labute approximate surface area is 102 Å². The summed E-state index contributed by atoms with van der Waals surface area (Å²) in [5.74, 6) is 0.943. The van der Waals surface area contributed by atoms with Gasteiger partial charge in [-0.05, 0) is 37.8 Å². The summed E-state index contributed by atoms with van der Waals surface area (Å²) < 4.78 is 0. The van der Waals surface area contributed by atoms with Crippen molar-refractivity contribution in [3.8, 4) is 0 Å². The lowest BCUT2D eigenvalue weighted by atomic mass is 10.1. The van der Waals surface area contributed by atoms with Gasteiger partial charge in [-0.1, -0.05) is 0 Å². The third-order valence-corrected chi connectivity index (χ3v) is 3.67. The molecule has 1 atom stereocenters. The summed E-state index contributed by atoms with van der Waals surface area (Å²) in [7, 11) is 0. The van der Waals surface area contributed by atoms with E-state index in [1.54, 1.807) is 0 Å². The fraction of sp³-hybridized carbons (Fsp3) is 0.909. The summed E-state index contributed by atoms with van der Waals surface area (Å²) in [6, 6.07) is -0.0629. The minimum Gasteiger partial charge on any atom is -0.368 e. The topological polar surface area (TPSA) is 58.4 Å². The second kappa shape index (κ2) is 7.92. The maximum atomic E-state index is 11.5. The van der Waals surface area contributed by atoms with Gasteiger partial charge in [0, 0.05) is 19.6 Å². The molecular formula is C11H23N3OS. The second-order valence-electron chi connectivity index (χ2n) is 4.19. The summed E-state index contributed by atoms with van der Waals surface area (Å²) in [5, 5.41) is 3.34. The van der Waals surface area contributed by atoms with Crippen LogP contribution in [0.4, 0.5) is 0 Å². The van der Waals surface area contributed by atoms with E-state index in [0.717, 1.165) is 51.2 Å². The molecule has 1 rings (SSSR count). The van der Waals surface area contributed by atoms with Gasteiger partial charge in [0.05, 0.1) is 6.04 Å². The van der Waals surface area contributed by atoms with Crippen LogP contribution in [0.5, 0.6) is 0 Å². The fourth-order valence-corrected chi connectivity index (χ4v) is 2.56. The summed E-state index contributed by atoms with van der Waals surface area (Å²) in [6.07, 6.45) is 5.16. The monoisotopic (exact) mass is 245 g/mol. The van der Waals surface area contributed by atoms with Crippen molar-refractivity contribution in [3.63, 3.8) is 0 Å². The highest BCUT2D eigenvalue weighted by molar-refractivity contribution is 7.98. The van der Waals surface area contributed by atoms with Crippen LogP contribution in [0.3, 0.4) is 0 Å². The maximum Gasteiger partial charge on any atom is 0.234 e. The van der Waals surface area contributed by atoms with Gasteiger partial charge in [0.25, 0.3) is 0 Å². The van der Waals surface area contributed by atoms with Gasteiger partial charge in [0.1, 0.15) is 0 Å². The second-order valence-corrected chi connectivity index (χ2v) is 5.18. The molecule has 1 fully saturated rings. The lowest BCUT2D eigenvalue weighted by Gasteiger charge is -2.27. The highest BCUT2D eigenvalue weighted by Gasteiger charge is 2.23. The maximum absolute atomic E-state index is 11.5. The number of thioether (sulfide) groups is 1. The van der Waals surface area contributed by atoms with E-state index in [1.807, 2.05) is 11.8 Å². The predicted octanol–water partition coefficient (Wildman–Crippen LogP) is 0.279. The molecule has 1 saturated heterocycles. The molecule has 0 saturated carbocycles. The van der Waals surface area contributed by atoms with Crippen LogP contribution in [0.25, 0.3) is 0 Å². The minimum absolute atomic E-state index is 0.0629. The smallest absolute Gasteiger partial charge is 0.234 e. The molecule has 0 spiro atoms. The molecule has 0 radical (unpaired) electrons. The van der Waals surface area contributed by atoms with Crippen LogP contribution < -0.4 is 11.1 Å². The average molecular weight is 245 g/mol. The van der Waals surface area contributed by atoms with Crippen LogP contribution in [0.1, 0.15) is 19.3 Å². The van der Waals surface area contributed by atoms with Crippen LogP contribution in [-0.4, -0.2) is 55.0 Å². The predicted molar refractivity (Wildman–Crippen MR) is 69.7 cm³/mol. The molecule has 3 N–H and O–H groups in total. The van der Waals surface area contributed by atoms with Gasteiger partial charge in [0.2, 0.25) is 5.91 Å². The van der Waals surface area contributed by atoms with Crippen molar-refractivity contribution in [1.29, 1.82) is 0 Å². The Bertz CT molecular complexity index is 205. The third-order valence-electron chi connectivity index (χ3n) is 2.97. The Morgan fingerprint density at radius 2 is 2.31 bits per heavy atom. The first-order valence-electron chi connectivity index (χ1n) is 5.98. The Hall–Kier alpha value is -0.260. The number of nitrogens with one attached hydrogen (secondary N) is 1. The molecule has 1 heterocycles. The van der Waals surface area contributed by atoms with Crippen molar-refractivity contribution in [3.05, 3.63) is 0 Å². The zero-order valence-electron chi connectivity index (χ0n) is 10.1. The van der Waals surface area contributed by atoms with Gasteiger partial charge in [-0.25, -0.2) is 0 Å². The van der Waals surface area contributed by atoms with Crippen LogP contribution >= 0.6 is 11.8 Å². The number of carbonyl (C=O) groups excluding carboxylic acids is 1. The zero-order chi connectivity index (χ0) is 11.8. The van der Waals surface area contributed by atoms with Crippen molar-refractivity contribution in [1.82, 2.24) is 10.2 Å². The molecule has 1 unspecified atom stereocenters. The first-order chi connectivity index (χ1) is 7.75. The SMILES string of the molecule is CSCCCC(C(N)=O)N1CCCNCC1. The van der Waals surface area contributed by atoms with Crippen LogP contribution in [0, 0.1) is 0 Å². The number of carbonyl (C=O) groups is 1. The first kappa shape index (κ1) is 13.8. The van der Waals surface area contributed by atoms with Crippen molar-refractivity contribution >= 4 is 17.7 Å². The number of nitrogens with two attached hydrogens (primary N) is 1. The molecule has 94 valence electrons. The van der Waals surface area contributed by atoms with E-state index in [1.165, 1.54) is 0 Å². The number of primary amides is 1. The molecule has 1 aliphatic rings. The van der Waals surface area contributed by atoms with Gasteiger partial charge in [-0.15, -0.1) is 0 Å². The molecule has 0 aromatic rings. The summed E-state index contributed by atoms with van der Waals surface area (Å²) in [6.45, 7) is 3.94. The number of rotatable bonds is 6. The van der Waals surface area contributed by atoms with Crippen molar-refractivity contribution in [2.45, 2.75) is 25.3 Å². The fourth-order valence-electron chi connectivity index (χ4n) is 2.10. The van der Waals surface area contributed by atoms with E-state index >= 15 is 0 Å². The van der Waals surface area contributed by atoms with Gasteiger partial charge < -0.3 is 11.1 Å². The Kier molecular flexibility index (Phi) is 6.84. The number of nitrogens with zero attached hydrogens (tertiary/aromatic N) is 1. The molecule has 5 heteroatoms. The number of hydrogen-bond donors (Lipinski definition) is 2. The number of amides is 1. The number of hydrogen-bond acceptors (Lipinski definition) is 4. The molecule has 0 aromatic carbocycles. The summed E-state index contributed by atoms with van der Waals surface area (Å²) in [4.78, 5) is 13.7. The van der Waals surface area contributed by atoms with E-state index in [9.17, 15) is 4.79 Å². The molecule has 1 aliphatic heterocycles. The Balaban J connectivity index is 2.43. The molecule has 0 bridgehead atoms. The van der Waals surface area contributed by atoms with E-state index in [-0.39, 0.29) is 11.9 Å². The molecule has 4 nitrogen and oxygen atoms in total. The molecule has 0 aliphatic carbocycles. The van der Waals surface area contributed by atoms with Gasteiger partial charge in [-0.3, -0.25) is 9.69 Å².